The average Bonchev–Trinajstić information content (AvgIpc) is 3.15. The Kier molecular flexibility index (Phi) is 6.56. The number of rotatable bonds is 9. The number of nitrogens with zero attached hydrogens (tertiary/aromatic N) is 2. The second-order valence-electron chi connectivity index (χ2n) is 6.16. The predicted molar refractivity (Wildman–Crippen MR) is 95.9 cm³/mol. The minimum atomic E-state index is -3.62. The number of aromatic nitrogens is 2. The van der Waals surface area contributed by atoms with E-state index in [1.165, 1.54) is 0 Å². The molecule has 0 aromatic carbocycles. The van der Waals surface area contributed by atoms with Crippen LogP contribution in [0.3, 0.4) is 0 Å². The molecule has 0 amide bonds. The van der Waals surface area contributed by atoms with Crippen LogP contribution in [0, 0.1) is 0 Å². The van der Waals surface area contributed by atoms with Gasteiger partial charge in [-0.15, -0.1) is 0 Å². The molecule has 2 rings (SSSR count). The molecule has 2 aromatic heterocycles. The molecule has 24 heavy (non-hydrogen) atoms. The molecular weight excluding hydrogens is 346 g/mol. The Morgan fingerprint density at radius 3 is 2.67 bits per heavy atom. The molecule has 0 aliphatic heterocycles. The van der Waals surface area contributed by atoms with Crippen molar-refractivity contribution in [3.63, 3.8) is 0 Å². The van der Waals surface area contributed by atoms with E-state index in [4.69, 9.17) is 0 Å². The van der Waals surface area contributed by atoms with Crippen LogP contribution in [0.5, 0.6) is 0 Å². The van der Waals surface area contributed by atoms with Crippen LogP contribution in [0.25, 0.3) is 0 Å². The SMILES string of the molecule is CC(C)c1nc(S(=O)(=O)NCCC(CCO)c2ccsc2)cn1C. The van der Waals surface area contributed by atoms with Crippen LogP contribution in [0.4, 0.5) is 0 Å². The van der Waals surface area contributed by atoms with Crippen molar-refractivity contribution in [3.05, 3.63) is 34.4 Å². The smallest absolute Gasteiger partial charge is 0.259 e. The van der Waals surface area contributed by atoms with Crippen molar-refractivity contribution < 1.29 is 13.5 Å². The van der Waals surface area contributed by atoms with E-state index in [-0.39, 0.29) is 23.5 Å². The van der Waals surface area contributed by atoms with Gasteiger partial charge < -0.3 is 9.67 Å². The van der Waals surface area contributed by atoms with E-state index in [0.717, 1.165) is 11.4 Å². The molecule has 0 bridgehead atoms. The van der Waals surface area contributed by atoms with Crippen LogP contribution in [-0.2, 0) is 17.1 Å². The summed E-state index contributed by atoms with van der Waals surface area (Å²) < 4.78 is 29.2. The molecule has 2 aromatic rings. The number of aryl methyl sites for hydroxylation is 1. The number of hydrogen-bond acceptors (Lipinski definition) is 5. The van der Waals surface area contributed by atoms with E-state index in [2.05, 4.69) is 9.71 Å². The Labute approximate surface area is 147 Å². The first-order chi connectivity index (χ1) is 11.3. The molecule has 0 fully saturated rings. The highest BCUT2D eigenvalue weighted by atomic mass is 32.2. The van der Waals surface area contributed by atoms with Gasteiger partial charge in [-0.3, -0.25) is 0 Å². The summed E-state index contributed by atoms with van der Waals surface area (Å²) in [5.74, 6) is 1.05. The zero-order valence-corrected chi connectivity index (χ0v) is 15.9. The lowest BCUT2D eigenvalue weighted by molar-refractivity contribution is 0.273. The van der Waals surface area contributed by atoms with Crippen molar-refractivity contribution in [2.75, 3.05) is 13.2 Å². The van der Waals surface area contributed by atoms with Gasteiger partial charge in [0.15, 0.2) is 5.03 Å². The minimum absolute atomic E-state index is 0.0583. The highest BCUT2D eigenvalue weighted by Crippen LogP contribution is 2.25. The first-order valence-electron chi connectivity index (χ1n) is 8.01. The summed E-state index contributed by atoms with van der Waals surface area (Å²) in [7, 11) is -1.82. The Bertz CT molecular complexity index is 737. The van der Waals surface area contributed by atoms with Crippen LogP contribution < -0.4 is 4.72 Å². The molecule has 0 saturated carbocycles. The molecule has 2 heterocycles. The summed E-state index contributed by atoms with van der Waals surface area (Å²) in [4.78, 5) is 4.24. The van der Waals surface area contributed by atoms with E-state index < -0.39 is 10.0 Å². The fraction of sp³-hybridized carbons (Fsp3) is 0.562. The number of thiophene rings is 1. The molecule has 134 valence electrons. The summed E-state index contributed by atoms with van der Waals surface area (Å²) >= 11 is 1.60. The third-order valence-corrected chi connectivity index (χ3v) is 5.99. The van der Waals surface area contributed by atoms with Gasteiger partial charge in [-0.2, -0.15) is 11.3 Å². The van der Waals surface area contributed by atoms with Gasteiger partial charge in [-0.05, 0) is 41.1 Å². The normalized spacial score (nSPS) is 13.5. The first-order valence-corrected chi connectivity index (χ1v) is 10.4. The van der Waals surface area contributed by atoms with Crippen molar-refractivity contribution in [3.8, 4) is 0 Å². The summed E-state index contributed by atoms with van der Waals surface area (Å²) in [5, 5.41) is 13.3. The van der Waals surface area contributed by atoms with Crippen molar-refractivity contribution in [2.45, 2.75) is 43.6 Å². The third-order valence-electron chi connectivity index (χ3n) is 3.96. The lowest BCUT2D eigenvalue weighted by Gasteiger charge is -2.14. The number of aliphatic hydroxyl groups is 1. The minimum Gasteiger partial charge on any atom is -0.396 e. The standard InChI is InChI=1S/C16H25N3O3S2/c1-12(2)16-18-15(10-19(16)3)24(21,22)17-7-4-13(5-8-20)14-6-9-23-11-14/h6,9-13,17,20H,4-5,7-8H2,1-3H3. The zero-order valence-electron chi connectivity index (χ0n) is 14.3. The Morgan fingerprint density at radius 1 is 1.38 bits per heavy atom. The molecule has 1 unspecified atom stereocenters. The number of nitrogens with one attached hydrogen (secondary N) is 1. The molecule has 0 radical (unpaired) electrons. The quantitative estimate of drug-likeness (QED) is 0.709. The van der Waals surface area contributed by atoms with Gasteiger partial charge in [0.2, 0.25) is 0 Å². The van der Waals surface area contributed by atoms with Crippen LogP contribution in [-0.4, -0.2) is 36.2 Å². The van der Waals surface area contributed by atoms with E-state index >= 15 is 0 Å². The van der Waals surface area contributed by atoms with E-state index in [0.29, 0.717) is 19.4 Å². The number of sulfonamides is 1. The van der Waals surface area contributed by atoms with Crippen molar-refractivity contribution >= 4 is 21.4 Å². The molecule has 0 aliphatic carbocycles. The second kappa shape index (κ2) is 8.24. The zero-order chi connectivity index (χ0) is 17.7. The van der Waals surface area contributed by atoms with Gasteiger partial charge in [0.1, 0.15) is 5.82 Å². The summed E-state index contributed by atoms with van der Waals surface area (Å²) in [6.45, 7) is 4.36. The lowest BCUT2D eigenvalue weighted by Crippen LogP contribution is -2.26. The number of aliphatic hydroxyl groups excluding tert-OH is 1. The average molecular weight is 372 g/mol. The van der Waals surface area contributed by atoms with E-state index in [1.54, 1.807) is 29.1 Å². The second-order valence-corrected chi connectivity index (χ2v) is 8.65. The highest BCUT2D eigenvalue weighted by Gasteiger charge is 2.21. The maximum Gasteiger partial charge on any atom is 0.259 e. The number of hydrogen-bond donors (Lipinski definition) is 2. The summed E-state index contributed by atoms with van der Waals surface area (Å²) in [6, 6.07) is 2.02. The first kappa shape index (κ1) is 19.1. The summed E-state index contributed by atoms with van der Waals surface area (Å²) in [5.41, 5.74) is 1.15. The molecule has 0 saturated heterocycles. The Morgan fingerprint density at radius 2 is 2.12 bits per heavy atom. The van der Waals surface area contributed by atoms with Gasteiger partial charge >= 0.3 is 0 Å². The largest absolute Gasteiger partial charge is 0.396 e. The molecular formula is C16H25N3O3S2. The fourth-order valence-corrected chi connectivity index (χ4v) is 4.49. The fourth-order valence-electron chi connectivity index (χ4n) is 2.70. The van der Waals surface area contributed by atoms with Crippen molar-refractivity contribution in [1.82, 2.24) is 14.3 Å². The van der Waals surface area contributed by atoms with Gasteiger partial charge in [-0.1, -0.05) is 13.8 Å². The van der Waals surface area contributed by atoms with Crippen LogP contribution in [0.1, 0.15) is 49.9 Å². The van der Waals surface area contributed by atoms with Gasteiger partial charge in [-0.25, -0.2) is 18.1 Å². The molecule has 0 aliphatic rings. The lowest BCUT2D eigenvalue weighted by atomic mass is 9.95. The number of imidazole rings is 1. The third kappa shape index (κ3) is 4.66. The predicted octanol–water partition coefficient (Wildman–Crippen LogP) is 2.44. The van der Waals surface area contributed by atoms with Gasteiger partial charge in [0, 0.05) is 32.3 Å². The maximum atomic E-state index is 12.4. The van der Waals surface area contributed by atoms with Crippen molar-refractivity contribution in [1.29, 1.82) is 0 Å². The van der Waals surface area contributed by atoms with Crippen LogP contribution >= 0.6 is 11.3 Å². The van der Waals surface area contributed by atoms with Crippen LogP contribution in [0.2, 0.25) is 0 Å². The molecule has 2 N–H and O–H groups in total. The van der Waals surface area contributed by atoms with Crippen LogP contribution in [0.15, 0.2) is 28.0 Å². The van der Waals surface area contributed by atoms with Gasteiger partial charge in [0.05, 0.1) is 0 Å². The highest BCUT2D eigenvalue weighted by molar-refractivity contribution is 7.89. The molecule has 0 spiro atoms. The molecule has 1 atom stereocenters. The van der Waals surface area contributed by atoms with Gasteiger partial charge in [0.25, 0.3) is 10.0 Å². The molecule has 8 heteroatoms. The van der Waals surface area contributed by atoms with E-state index in [1.807, 2.05) is 30.7 Å². The van der Waals surface area contributed by atoms with Crippen molar-refractivity contribution in [2.24, 2.45) is 7.05 Å². The maximum absolute atomic E-state index is 12.4. The topological polar surface area (TPSA) is 84.2 Å². The molecule has 6 nitrogen and oxygen atoms in total. The Balaban J connectivity index is 2.00. The Hall–Kier alpha value is -1.22. The monoisotopic (exact) mass is 371 g/mol. The summed E-state index contributed by atoms with van der Waals surface area (Å²) in [6.07, 6.45) is 2.81. The van der Waals surface area contributed by atoms with E-state index in [9.17, 15) is 13.5 Å².